The van der Waals surface area contributed by atoms with Crippen LogP contribution < -0.4 is 21.5 Å². The quantitative estimate of drug-likeness (QED) is 0.504. The van der Waals surface area contributed by atoms with Crippen molar-refractivity contribution < 1.29 is 9.90 Å². The van der Waals surface area contributed by atoms with E-state index in [0.717, 1.165) is 6.42 Å². The third-order valence-corrected chi connectivity index (χ3v) is 4.91. The van der Waals surface area contributed by atoms with Crippen molar-refractivity contribution in [3.63, 3.8) is 0 Å². The Morgan fingerprint density at radius 1 is 1.36 bits per heavy atom. The lowest BCUT2D eigenvalue weighted by Gasteiger charge is -2.32. The summed E-state index contributed by atoms with van der Waals surface area (Å²) in [6.07, 6.45) is 4.01. The molecule has 0 unspecified atom stereocenters. The monoisotopic (exact) mass is 383 g/mol. The molecule has 28 heavy (non-hydrogen) atoms. The summed E-state index contributed by atoms with van der Waals surface area (Å²) in [5, 5.41) is 22.8. The van der Waals surface area contributed by atoms with Crippen LogP contribution in [0.1, 0.15) is 23.2 Å². The highest BCUT2D eigenvalue weighted by atomic mass is 16.3. The number of nitrogens with zero attached hydrogens (tertiary/aromatic N) is 4. The Bertz CT molecular complexity index is 1100. The molecule has 0 radical (unpaired) electrons. The number of pyridine rings is 1. The Morgan fingerprint density at radius 3 is 2.86 bits per heavy atom. The zero-order valence-electron chi connectivity index (χ0n) is 15.5. The fraction of sp³-hybridized carbons (Fsp3) is 0.333. The average molecular weight is 383 g/mol. The molecule has 1 saturated carbocycles. The van der Waals surface area contributed by atoms with E-state index in [9.17, 15) is 14.7 Å². The van der Waals surface area contributed by atoms with Crippen LogP contribution in [0.2, 0.25) is 0 Å². The number of rotatable bonds is 5. The van der Waals surface area contributed by atoms with E-state index in [1.807, 2.05) is 0 Å². The smallest absolute Gasteiger partial charge is 0.274 e. The number of anilines is 3. The number of aromatic nitrogens is 4. The molecule has 0 spiro atoms. The van der Waals surface area contributed by atoms with Crippen LogP contribution in [0.15, 0.2) is 35.4 Å². The minimum atomic E-state index is -0.516. The van der Waals surface area contributed by atoms with Crippen molar-refractivity contribution in [2.45, 2.75) is 25.0 Å². The lowest BCUT2D eigenvalue weighted by Crippen LogP contribution is -2.50. The van der Waals surface area contributed by atoms with Gasteiger partial charge in [-0.1, -0.05) is 0 Å². The van der Waals surface area contributed by atoms with Crippen LogP contribution >= 0.6 is 0 Å². The molecule has 1 aliphatic rings. The fourth-order valence-electron chi connectivity index (χ4n) is 3.09. The molecule has 3 heterocycles. The maximum atomic E-state index is 12.6. The van der Waals surface area contributed by atoms with Crippen molar-refractivity contribution in [1.29, 1.82) is 0 Å². The van der Waals surface area contributed by atoms with Crippen molar-refractivity contribution >= 4 is 28.9 Å². The molecule has 3 aromatic heterocycles. The van der Waals surface area contributed by atoms with E-state index in [1.54, 1.807) is 38.5 Å². The Kier molecular flexibility index (Phi) is 4.47. The van der Waals surface area contributed by atoms with Gasteiger partial charge in [0.15, 0.2) is 5.65 Å². The molecule has 10 nitrogen and oxygen atoms in total. The number of nitrogens with one attached hydrogen (secondary N) is 3. The second-order valence-corrected chi connectivity index (χ2v) is 6.76. The lowest BCUT2D eigenvalue weighted by molar-refractivity contribution is 0.0448. The Labute approximate surface area is 160 Å². The Hall–Kier alpha value is -3.40. The highest BCUT2D eigenvalue weighted by Gasteiger charge is 2.31. The number of aryl methyl sites for hydroxylation is 1. The van der Waals surface area contributed by atoms with E-state index in [0.29, 0.717) is 35.0 Å². The molecule has 0 bridgehead atoms. The molecule has 4 N–H and O–H groups in total. The number of hydrogen-bond acceptors (Lipinski definition) is 7. The van der Waals surface area contributed by atoms with Crippen molar-refractivity contribution in [1.82, 2.24) is 24.5 Å². The van der Waals surface area contributed by atoms with Gasteiger partial charge in [-0.2, -0.15) is 9.61 Å². The van der Waals surface area contributed by atoms with Gasteiger partial charge in [0, 0.05) is 26.4 Å². The van der Waals surface area contributed by atoms with Gasteiger partial charge in [0.05, 0.1) is 18.3 Å². The van der Waals surface area contributed by atoms with Crippen LogP contribution in [-0.2, 0) is 7.05 Å². The van der Waals surface area contributed by atoms with E-state index in [-0.39, 0.29) is 17.5 Å². The molecular weight excluding hydrogens is 362 g/mol. The van der Waals surface area contributed by atoms with Gasteiger partial charge < -0.3 is 25.6 Å². The van der Waals surface area contributed by atoms with Crippen LogP contribution in [0.25, 0.3) is 5.65 Å². The summed E-state index contributed by atoms with van der Waals surface area (Å²) in [6.45, 7) is 0. The third-order valence-electron chi connectivity index (χ3n) is 4.91. The first-order valence-corrected chi connectivity index (χ1v) is 8.96. The third kappa shape index (κ3) is 3.07. The molecule has 1 amide bonds. The minimum absolute atomic E-state index is 0.194. The van der Waals surface area contributed by atoms with Gasteiger partial charge in [-0.25, -0.2) is 4.98 Å². The van der Waals surface area contributed by atoms with Gasteiger partial charge in [-0.15, -0.1) is 0 Å². The first kappa shape index (κ1) is 18.0. The van der Waals surface area contributed by atoms with Crippen molar-refractivity contribution in [3.05, 3.63) is 46.5 Å². The molecule has 1 fully saturated rings. The first-order valence-electron chi connectivity index (χ1n) is 8.96. The molecule has 4 rings (SSSR count). The van der Waals surface area contributed by atoms with E-state index in [4.69, 9.17) is 0 Å². The van der Waals surface area contributed by atoms with Crippen LogP contribution in [-0.4, -0.2) is 49.4 Å². The summed E-state index contributed by atoms with van der Waals surface area (Å²) in [4.78, 5) is 29.4. The van der Waals surface area contributed by atoms with Gasteiger partial charge in [-0.3, -0.25) is 9.59 Å². The van der Waals surface area contributed by atoms with Crippen LogP contribution in [0.3, 0.4) is 0 Å². The zero-order chi connectivity index (χ0) is 19.8. The highest BCUT2D eigenvalue weighted by Crippen LogP contribution is 2.23. The summed E-state index contributed by atoms with van der Waals surface area (Å²) in [6, 6.07) is 4.86. The second kappa shape index (κ2) is 6.97. The molecule has 146 valence electrons. The molecule has 3 aromatic rings. The van der Waals surface area contributed by atoms with Crippen molar-refractivity contribution in [2.75, 3.05) is 17.7 Å². The predicted molar refractivity (Wildman–Crippen MR) is 104 cm³/mol. The van der Waals surface area contributed by atoms with E-state index < -0.39 is 6.10 Å². The number of aliphatic hydroxyl groups is 1. The van der Waals surface area contributed by atoms with Crippen LogP contribution in [0.4, 0.5) is 17.3 Å². The van der Waals surface area contributed by atoms with Gasteiger partial charge in [-0.05, 0) is 25.0 Å². The summed E-state index contributed by atoms with van der Waals surface area (Å²) >= 11 is 0. The van der Waals surface area contributed by atoms with Crippen molar-refractivity contribution in [2.24, 2.45) is 7.05 Å². The van der Waals surface area contributed by atoms with Crippen LogP contribution in [0, 0.1) is 0 Å². The molecule has 0 aliphatic heterocycles. The lowest BCUT2D eigenvalue weighted by atomic mass is 9.89. The van der Waals surface area contributed by atoms with E-state index in [1.165, 1.54) is 15.3 Å². The predicted octanol–water partition coefficient (Wildman–Crippen LogP) is 0.466. The number of hydrogen-bond donors (Lipinski definition) is 4. The van der Waals surface area contributed by atoms with E-state index >= 15 is 0 Å². The molecule has 2 atom stereocenters. The first-order chi connectivity index (χ1) is 13.5. The molecule has 0 saturated heterocycles. The number of aliphatic hydroxyl groups excluding tert-OH is 1. The maximum Gasteiger partial charge on any atom is 0.274 e. The summed E-state index contributed by atoms with van der Waals surface area (Å²) in [7, 11) is 3.39. The van der Waals surface area contributed by atoms with Crippen molar-refractivity contribution in [3.8, 4) is 0 Å². The van der Waals surface area contributed by atoms with E-state index in [2.05, 4.69) is 26.0 Å². The summed E-state index contributed by atoms with van der Waals surface area (Å²) < 4.78 is 2.97. The topological polar surface area (TPSA) is 126 Å². The number of amides is 1. The number of carbonyl (C=O) groups excluding carboxylic acids is 1. The standard InChI is InChI=1S/C18H21N7O3/c1-19-15-8-14(21-12-4-3-7-24(2)18(12)28)23-16-10(9-20-25(15)16)17(27)22-11-5-6-13(11)26/h3-4,7-9,11,13,19,26H,5-6H2,1-2H3,(H,21,23)(H,22,27)/t11-,13+/m0/s1. The van der Waals surface area contributed by atoms with Gasteiger partial charge >= 0.3 is 0 Å². The highest BCUT2D eigenvalue weighted by molar-refractivity contribution is 6.00. The SMILES string of the molecule is CNc1cc(Nc2cccn(C)c2=O)nc2c(C(=O)N[C@H]3CC[C@H]3O)cnn12. The summed E-state index contributed by atoms with van der Waals surface area (Å²) in [5.74, 6) is 0.655. The molecule has 10 heteroatoms. The molecular formula is C18H21N7O3. The fourth-order valence-corrected chi connectivity index (χ4v) is 3.09. The van der Waals surface area contributed by atoms with Gasteiger partial charge in [0.2, 0.25) is 0 Å². The second-order valence-electron chi connectivity index (χ2n) is 6.76. The zero-order valence-corrected chi connectivity index (χ0v) is 15.5. The Morgan fingerprint density at radius 2 is 2.18 bits per heavy atom. The van der Waals surface area contributed by atoms with Gasteiger partial charge in [0.1, 0.15) is 22.9 Å². The average Bonchev–Trinajstić information content (AvgIpc) is 3.11. The molecule has 1 aliphatic carbocycles. The molecule has 0 aromatic carbocycles. The minimum Gasteiger partial charge on any atom is -0.391 e. The van der Waals surface area contributed by atoms with Gasteiger partial charge in [0.25, 0.3) is 11.5 Å². The Balaban J connectivity index is 1.71. The largest absolute Gasteiger partial charge is 0.391 e. The maximum absolute atomic E-state index is 12.6. The van der Waals surface area contributed by atoms with Crippen LogP contribution in [0.5, 0.6) is 0 Å². The number of carbonyl (C=O) groups is 1. The number of fused-ring (bicyclic) bond motifs is 1. The normalized spacial score (nSPS) is 18.5. The summed E-state index contributed by atoms with van der Waals surface area (Å²) in [5.41, 5.74) is 0.807.